The molecule has 0 aliphatic rings. The maximum absolute atomic E-state index is 9.17. The first-order valence-corrected chi connectivity index (χ1v) is 4.65. The molecule has 3 aromatic rings. The third-order valence-corrected chi connectivity index (χ3v) is 2.34. The van der Waals surface area contributed by atoms with E-state index in [1.165, 1.54) is 0 Å². The van der Waals surface area contributed by atoms with Crippen molar-refractivity contribution in [2.75, 3.05) is 0 Å². The number of phenols is 1. The highest BCUT2D eigenvalue weighted by Gasteiger charge is 2.03. The molecule has 0 unspecified atom stereocenters. The Morgan fingerprint density at radius 1 is 1.13 bits per heavy atom. The van der Waals surface area contributed by atoms with Crippen LogP contribution in [0.1, 0.15) is 0 Å². The van der Waals surface area contributed by atoms with Crippen molar-refractivity contribution in [3.63, 3.8) is 0 Å². The average Bonchev–Trinajstić information content (AvgIpc) is 2.78. The lowest BCUT2D eigenvalue weighted by Gasteiger charge is -1.95. The molecule has 0 atom stereocenters. The van der Waals surface area contributed by atoms with E-state index < -0.39 is 0 Å². The number of H-pyrrole nitrogens is 1. The molecule has 0 aliphatic carbocycles. The van der Waals surface area contributed by atoms with Crippen LogP contribution in [0.3, 0.4) is 0 Å². The van der Waals surface area contributed by atoms with Crippen molar-refractivity contribution >= 4 is 5.65 Å². The van der Waals surface area contributed by atoms with E-state index in [0.717, 1.165) is 16.9 Å². The van der Waals surface area contributed by atoms with Gasteiger partial charge in [-0.2, -0.15) is 0 Å². The van der Waals surface area contributed by atoms with Crippen molar-refractivity contribution in [2.24, 2.45) is 0 Å². The molecule has 4 heteroatoms. The van der Waals surface area contributed by atoms with Crippen molar-refractivity contribution in [2.45, 2.75) is 0 Å². The van der Waals surface area contributed by atoms with E-state index in [9.17, 15) is 5.11 Å². The summed E-state index contributed by atoms with van der Waals surface area (Å²) in [5.74, 6) is 0.267. The zero-order valence-corrected chi connectivity index (χ0v) is 7.88. The number of fused-ring (bicyclic) bond motifs is 1. The maximum atomic E-state index is 9.17. The van der Waals surface area contributed by atoms with Gasteiger partial charge in [0.2, 0.25) is 0 Å². The Hall–Kier alpha value is -2.23. The number of nitrogens with one attached hydrogen (secondary N) is 1. The van der Waals surface area contributed by atoms with Crippen LogP contribution in [0.2, 0.25) is 0 Å². The monoisotopic (exact) mass is 199 g/mol. The number of phenolic OH excluding ortho intramolecular Hbond substituents is 1. The van der Waals surface area contributed by atoms with Gasteiger partial charge in [-0.05, 0) is 24.3 Å². The zero-order chi connectivity index (χ0) is 10.3. The number of nitrogens with zero attached hydrogens (tertiary/aromatic N) is 2. The molecule has 0 bridgehead atoms. The Morgan fingerprint density at radius 3 is 2.67 bits per heavy atom. The van der Waals surface area contributed by atoms with E-state index in [1.54, 1.807) is 12.1 Å². The maximum Gasteiger partial charge on any atom is 0.153 e. The summed E-state index contributed by atoms with van der Waals surface area (Å²) in [7, 11) is 0. The van der Waals surface area contributed by atoms with Gasteiger partial charge in [0.15, 0.2) is 5.65 Å². The quantitative estimate of drug-likeness (QED) is 0.630. The van der Waals surface area contributed by atoms with Gasteiger partial charge in [0.25, 0.3) is 0 Å². The lowest BCUT2D eigenvalue weighted by molar-refractivity contribution is 0.475. The van der Waals surface area contributed by atoms with Gasteiger partial charge in [-0.3, -0.25) is 0 Å². The van der Waals surface area contributed by atoms with Crippen LogP contribution in [0.4, 0.5) is 0 Å². The van der Waals surface area contributed by atoms with Crippen molar-refractivity contribution in [1.29, 1.82) is 0 Å². The molecule has 2 heterocycles. The number of hydrogen-bond acceptors (Lipinski definition) is 2. The van der Waals surface area contributed by atoms with Crippen LogP contribution in [0.15, 0.2) is 42.7 Å². The van der Waals surface area contributed by atoms with Gasteiger partial charge in [0.1, 0.15) is 5.75 Å². The molecule has 1 aromatic carbocycles. The van der Waals surface area contributed by atoms with Crippen molar-refractivity contribution in [3.8, 4) is 17.0 Å². The topological polar surface area (TPSA) is 53.3 Å². The predicted molar refractivity (Wildman–Crippen MR) is 56.6 cm³/mol. The summed E-state index contributed by atoms with van der Waals surface area (Å²) in [6.07, 6.45) is 3.75. The minimum Gasteiger partial charge on any atom is -0.508 e. The highest BCUT2D eigenvalue weighted by molar-refractivity contribution is 5.62. The minimum absolute atomic E-state index is 0.267. The van der Waals surface area contributed by atoms with Crippen LogP contribution in [-0.4, -0.2) is 19.7 Å². The second kappa shape index (κ2) is 2.88. The summed E-state index contributed by atoms with van der Waals surface area (Å²) < 4.78 is 1.85. The summed E-state index contributed by atoms with van der Waals surface area (Å²) in [6, 6.07) is 8.91. The van der Waals surface area contributed by atoms with Gasteiger partial charge in [0, 0.05) is 17.8 Å². The minimum atomic E-state index is 0.267. The van der Waals surface area contributed by atoms with Crippen molar-refractivity contribution in [3.05, 3.63) is 42.7 Å². The molecule has 0 radical (unpaired) electrons. The Bertz CT molecular complexity index is 563. The van der Waals surface area contributed by atoms with Crippen LogP contribution in [0.5, 0.6) is 5.75 Å². The molecule has 4 nitrogen and oxygen atoms in total. The zero-order valence-electron chi connectivity index (χ0n) is 7.88. The lowest BCUT2D eigenvalue weighted by atomic mass is 10.2. The van der Waals surface area contributed by atoms with Crippen LogP contribution in [-0.2, 0) is 0 Å². The van der Waals surface area contributed by atoms with E-state index >= 15 is 0 Å². The van der Waals surface area contributed by atoms with E-state index in [-0.39, 0.29) is 5.75 Å². The molecule has 0 saturated carbocycles. The molecule has 15 heavy (non-hydrogen) atoms. The SMILES string of the molecule is Oc1ccc(-c2cn3[nH]ccc3n2)cc1. The fourth-order valence-corrected chi connectivity index (χ4v) is 1.58. The normalized spacial score (nSPS) is 10.9. The first kappa shape index (κ1) is 8.11. The van der Waals surface area contributed by atoms with Gasteiger partial charge in [0.05, 0.1) is 11.9 Å². The second-order valence-corrected chi connectivity index (χ2v) is 3.36. The molecule has 0 amide bonds. The van der Waals surface area contributed by atoms with Crippen LogP contribution >= 0.6 is 0 Å². The molecular weight excluding hydrogens is 190 g/mol. The summed E-state index contributed by atoms with van der Waals surface area (Å²) in [5, 5.41) is 12.2. The van der Waals surface area contributed by atoms with Gasteiger partial charge >= 0.3 is 0 Å². The van der Waals surface area contributed by atoms with E-state index in [2.05, 4.69) is 10.1 Å². The third kappa shape index (κ3) is 1.27. The largest absolute Gasteiger partial charge is 0.508 e. The summed E-state index contributed by atoms with van der Waals surface area (Å²) in [5.41, 5.74) is 2.77. The molecule has 2 aromatic heterocycles. The highest BCUT2D eigenvalue weighted by atomic mass is 16.3. The molecule has 0 saturated heterocycles. The fourth-order valence-electron chi connectivity index (χ4n) is 1.58. The van der Waals surface area contributed by atoms with Crippen molar-refractivity contribution in [1.82, 2.24) is 14.6 Å². The predicted octanol–water partition coefficient (Wildman–Crippen LogP) is 2.03. The number of aromatic hydroxyl groups is 1. The van der Waals surface area contributed by atoms with Crippen molar-refractivity contribution < 1.29 is 5.11 Å². The van der Waals surface area contributed by atoms with Gasteiger partial charge in [-0.15, -0.1) is 0 Å². The van der Waals surface area contributed by atoms with Gasteiger partial charge in [-0.25, -0.2) is 9.50 Å². The molecule has 0 fully saturated rings. The smallest absolute Gasteiger partial charge is 0.153 e. The number of hydrogen-bond donors (Lipinski definition) is 2. The number of benzene rings is 1. The first-order chi connectivity index (χ1) is 7.33. The van der Waals surface area contributed by atoms with Crippen LogP contribution in [0.25, 0.3) is 16.9 Å². The summed E-state index contributed by atoms with van der Waals surface area (Å²) >= 11 is 0. The Balaban J connectivity index is 2.13. The first-order valence-electron chi connectivity index (χ1n) is 4.65. The fraction of sp³-hybridized carbons (Fsp3) is 0. The summed E-state index contributed by atoms with van der Waals surface area (Å²) in [4.78, 5) is 4.42. The van der Waals surface area contributed by atoms with E-state index in [1.807, 2.05) is 35.1 Å². The molecule has 0 spiro atoms. The molecule has 0 aliphatic heterocycles. The lowest BCUT2D eigenvalue weighted by Crippen LogP contribution is -1.77. The number of aromatic amines is 1. The van der Waals surface area contributed by atoms with Gasteiger partial charge < -0.3 is 10.2 Å². The average molecular weight is 199 g/mol. The third-order valence-electron chi connectivity index (χ3n) is 2.34. The molecule has 2 N–H and O–H groups in total. The number of imidazole rings is 1. The van der Waals surface area contributed by atoms with E-state index in [4.69, 9.17) is 0 Å². The summed E-state index contributed by atoms with van der Waals surface area (Å²) in [6.45, 7) is 0. The molecular formula is C11H9N3O. The van der Waals surface area contributed by atoms with Crippen LogP contribution < -0.4 is 0 Å². The number of rotatable bonds is 1. The number of aromatic nitrogens is 3. The second-order valence-electron chi connectivity index (χ2n) is 3.36. The van der Waals surface area contributed by atoms with E-state index in [0.29, 0.717) is 0 Å². The standard InChI is InChI=1S/C11H9N3O/c15-9-3-1-8(2-4-9)10-7-14-11(13-10)5-6-12-14/h1-7,12,15H. The highest BCUT2D eigenvalue weighted by Crippen LogP contribution is 2.21. The van der Waals surface area contributed by atoms with Gasteiger partial charge in [-0.1, -0.05) is 0 Å². The molecule has 3 rings (SSSR count). The van der Waals surface area contributed by atoms with Crippen LogP contribution in [0, 0.1) is 0 Å². The Labute approximate surface area is 85.8 Å². The Morgan fingerprint density at radius 2 is 1.93 bits per heavy atom. The Kier molecular flexibility index (Phi) is 1.56. The molecule has 74 valence electrons.